The third-order valence-electron chi connectivity index (χ3n) is 3.14. The van der Waals surface area contributed by atoms with Crippen LogP contribution in [-0.2, 0) is 14.6 Å². The summed E-state index contributed by atoms with van der Waals surface area (Å²) in [5.74, 6) is 2.98. The van der Waals surface area contributed by atoms with Crippen LogP contribution in [0.3, 0.4) is 0 Å². The zero-order valence-electron chi connectivity index (χ0n) is 11.1. The Morgan fingerprint density at radius 2 is 2.24 bits per heavy atom. The monoisotopic (exact) mass is 311 g/mol. The Labute approximate surface area is 122 Å². The highest BCUT2D eigenvalue weighted by Gasteiger charge is 2.32. The van der Waals surface area contributed by atoms with Crippen molar-refractivity contribution < 1.29 is 22.7 Å². The third kappa shape index (κ3) is 4.03. The van der Waals surface area contributed by atoms with Crippen molar-refractivity contribution in [2.24, 2.45) is 5.92 Å². The van der Waals surface area contributed by atoms with Gasteiger partial charge in [0, 0.05) is 5.69 Å². The maximum absolute atomic E-state index is 13.7. The van der Waals surface area contributed by atoms with Crippen molar-refractivity contribution in [2.75, 3.05) is 23.4 Å². The lowest BCUT2D eigenvalue weighted by Gasteiger charge is -2.09. The fourth-order valence-electron chi connectivity index (χ4n) is 2.08. The van der Waals surface area contributed by atoms with Crippen LogP contribution in [0.15, 0.2) is 18.2 Å². The molecule has 0 bridgehead atoms. The number of anilines is 1. The summed E-state index contributed by atoms with van der Waals surface area (Å²) in [7, 11) is -3.13. The van der Waals surface area contributed by atoms with Gasteiger partial charge in [0.1, 0.15) is 12.4 Å². The Morgan fingerprint density at radius 1 is 1.48 bits per heavy atom. The summed E-state index contributed by atoms with van der Waals surface area (Å²) in [5.41, 5.74) is 0.363. The number of benzene rings is 1. The first-order valence-electron chi connectivity index (χ1n) is 6.32. The minimum absolute atomic E-state index is 0.00906. The fourth-order valence-corrected chi connectivity index (χ4v) is 3.82. The Kier molecular flexibility index (Phi) is 4.60. The Balaban J connectivity index is 2.07. The highest BCUT2D eigenvalue weighted by atomic mass is 32.2. The Morgan fingerprint density at radius 3 is 2.81 bits per heavy atom. The summed E-state index contributed by atoms with van der Waals surface area (Å²) < 4.78 is 36.3. The molecule has 1 heterocycles. The second-order valence-corrected chi connectivity index (χ2v) is 6.97. The molecule has 2 N–H and O–H groups in total. The van der Waals surface area contributed by atoms with E-state index in [0.29, 0.717) is 0 Å². The molecule has 1 aromatic carbocycles. The number of aliphatic hydroxyl groups excluding tert-OH is 1. The molecule has 0 saturated carbocycles. The first-order chi connectivity index (χ1) is 9.91. The van der Waals surface area contributed by atoms with E-state index in [0.717, 1.165) is 6.07 Å². The molecule has 1 fully saturated rings. The Hall–Kier alpha value is -1.91. The minimum atomic E-state index is -3.13. The summed E-state index contributed by atoms with van der Waals surface area (Å²) in [6, 6.07) is 3.98. The number of nitrogens with one attached hydrogen (secondary N) is 1. The van der Waals surface area contributed by atoms with Crippen LogP contribution < -0.4 is 5.32 Å². The second kappa shape index (κ2) is 6.24. The number of carbonyl (C=O) groups is 1. The molecule has 1 atom stereocenters. The first-order valence-corrected chi connectivity index (χ1v) is 8.14. The fraction of sp³-hybridized carbons (Fsp3) is 0.357. The van der Waals surface area contributed by atoms with Gasteiger partial charge in [-0.15, -0.1) is 0 Å². The number of sulfone groups is 1. The smallest absolute Gasteiger partial charge is 0.228 e. The molecule has 1 amide bonds. The number of amides is 1. The van der Waals surface area contributed by atoms with E-state index in [1.54, 1.807) is 0 Å². The van der Waals surface area contributed by atoms with Gasteiger partial charge in [0.15, 0.2) is 9.84 Å². The van der Waals surface area contributed by atoms with Crippen LogP contribution >= 0.6 is 0 Å². The molecular weight excluding hydrogens is 297 g/mol. The number of halogens is 1. The number of rotatable bonds is 2. The average molecular weight is 311 g/mol. The van der Waals surface area contributed by atoms with Crippen molar-refractivity contribution in [3.8, 4) is 11.8 Å². The van der Waals surface area contributed by atoms with Crippen LogP contribution in [0.2, 0.25) is 0 Å². The Bertz CT molecular complexity index is 718. The topological polar surface area (TPSA) is 83.5 Å². The van der Waals surface area contributed by atoms with Gasteiger partial charge in [-0.05, 0) is 24.6 Å². The molecule has 5 nitrogen and oxygen atoms in total. The van der Waals surface area contributed by atoms with E-state index in [4.69, 9.17) is 5.11 Å². The maximum atomic E-state index is 13.7. The summed E-state index contributed by atoms with van der Waals surface area (Å²) in [6.45, 7) is -0.367. The van der Waals surface area contributed by atoms with E-state index < -0.39 is 27.5 Å². The molecule has 112 valence electrons. The molecule has 1 aliphatic heterocycles. The lowest BCUT2D eigenvalue weighted by molar-refractivity contribution is -0.119. The van der Waals surface area contributed by atoms with Gasteiger partial charge in [-0.2, -0.15) is 0 Å². The molecule has 7 heteroatoms. The lowest BCUT2D eigenvalue weighted by Crippen LogP contribution is -2.23. The highest BCUT2D eigenvalue weighted by molar-refractivity contribution is 7.91. The van der Waals surface area contributed by atoms with Crippen molar-refractivity contribution in [1.29, 1.82) is 0 Å². The number of hydrogen-bond acceptors (Lipinski definition) is 4. The van der Waals surface area contributed by atoms with E-state index in [1.807, 2.05) is 0 Å². The van der Waals surface area contributed by atoms with E-state index >= 15 is 0 Å². The van der Waals surface area contributed by atoms with E-state index in [9.17, 15) is 17.6 Å². The standard InChI is InChI=1S/C14H14FNO4S/c15-13-8-12(4-3-10(13)2-1-6-17)16-14(18)11-5-7-21(19,20)9-11/h3-4,8,11,17H,5-7,9H2,(H,16,18). The predicted octanol–water partition coefficient (Wildman–Crippen LogP) is 0.543. The summed E-state index contributed by atoms with van der Waals surface area (Å²) in [4.78, 5) is 11.9. The van der Waals surface area contributed by atoms with Gasteiger partial charge >= 0.3 is 0 Å². The molecule has 0 radical (unpaired) electrons. The molecule has 1 saturated heterocycles. The summed E-state index contributed by atoms with van der Waals surface area (Å²) in [5, 5.41) is 11.1. The SMILES string of the molecule is O=C(Nc1ccc(C#CCO)c(F)c1)C1CCS(=O)(=O)C1. The zero-order chi connectivity index (χ0) is 15.5. The van der Waals surface area contributed by atoms with Crippen LogP contribution in [0, 0.1) is 23.6 Å². The maximum Gasteiger partial charge on any atom is 0.228 e. The van der Waals surface area contributed by atoms with E-state index in [2.05, 4.69) is 17.2 Å². The lowest BCUT2D eigenvalue weighted by atomic mass is 10.1. The van der Waals surface area contributed by atoms with E-state index in [1.165, 1.54) is 12.1 Å². The average Bonchev–Trinajstić information content (AvgIpc) is 2.78. The second-order valence-electron chi connectivity index (χ2n) is 4.74. The molecule has 0 aliphatic carbocycles. The van der Waals surface area contributed by atoms with Crippen LogP contribution in [-0.4, -0.2) is 37.5 Å². The van der Waals surface area contributed by atoms with Crippen molar-refractivity contribution in [1.82, 2.24) is 0 Å². The van der Waals surface area contributed by atoms with Crippen molar-refractivity contribution >= 4 is 21.4 Å². The molecule has 1 aliphatic rings. The molecule has 21 heavy (non-hydrogen) atoms. The van der Waals surface area contributed by atoms with Crippen molar-refractivity contribution in [2.45, 2.75) is 6.42 Å². The molecular formula is C14H14FNO4S. The molecule has 0 aromatic heterocycles. The van der Waals surface area contributed by atoms with Crippen LogP contribution in [0.25, 0.3) is 0 Å². The van der Waals surface area contributed by atoms with Crippen LogP contribution in [0.4, 0.5) is 10.1 Å². The zero-order valence-corrected chi connectivity index (χ0v) is 11.9. The first kappa shape index (κ1) is 15.5. The van der Waals surface area contributed by atoms with Gasteiger partial charge in [-0.3, -0.25) is 4.79 Å². The van der Waals surface area contributed by atoms with E-state index in [-0.39, 0.29) is 35.8 Å². The van der Waals surface area contributed by atoms with Gasteiger partial charge in [0.25, 0.3) is 0 Å². The van der Waals surface area contributed by atoms with Gasteiger partial charge < -0.3 is 10.4 Å². The van der Waals surface area contributed by atoms with Gasteiger partial charge in [-0.1, -0.05) is 11.8 Å². The van der Waals surface area contributed by atoms with Crippen molar-refractivity contribution in [3.05, 3.63) is 29.6 Å². The molecule has 0 spiro atoms. The number of hydrogen-bond donors (Lipinski definition) is 2. The van der Waals surface area contributed by atoms with Crippen molar-refractivity contribution in [3.63, 3.8) is 0 Å². The highest BCUT2D eigenvalue weighted by Crippen LogP contribution is 2.21. The molecule has 2 rings (SSSR count). The van der Waals surface area contributed by atoms with Crippen LogP contribution in [0.1, 0.15) is 12.0 Å². The molecule has 1 aromatic rings. The largest absolute Gasteiger partial charge is 0.384 e. The quantitative estimate of drug-likeness (QED) is 0.781. The summed E-state index contributed by atoms with van der Waals surface area (Å²) in [6.07, 6.45) is 0.288. The third-order valence-corrected chi connectivity index (χ3v) is 4.91. The minimum Gasteiger partial charge on any atom is -0.384 e. The van der Waals surface area contributed by atoms with Gasteiger partial charge in [-0.25, -0.2) is 12.8 Å². The van der Waals surface area contributed by atoms with Gasteiger partial charge in [0.2, 0.25) is 5.91 Å². The predicted molar refractivity (Wildman–Crippen MR) is 75.8 cm³/mol. The van der Waals surface area contributed by atoms with Gasteiger partial charge in [0.05, 0.1) is 23.0 Å². The number of aliphatic hydroxyl groups is 1. The number of carbonyl (C=O) groups excluding carboxylic acids is 1. The molecule has 1 unspecified atom stereocenters. The van der Waals surface area contributed by atoms with Crippen LogP contribution in [0.5, 0.6) is 0 Å². The summed E-state index contributed by atoms with van der Waals surface area (Å²) >= 11 is 0. The normalized spacial score (nSPS) is 19.6.